The molecule has 0 aromatic carbocycles. The molecular weight excluding hydrogens is 272 g/mol. The molecule has 1 amide bonds. The van der Waals surface area contributed by atoms with Gasteiger partial charge < -0.3 is 14.5 Å². The monoisotopic (exact) mass is 295 g/mol. The molecule has 112 valence electrons. The minimum atomic E-state index is -3.90. The minimum absolute atomic E-state index is 0.0654. The fraction of sp³-hybridized carbons (Fsp3) is 0.909. The molecule has 19 heavy (non-hydrogen) atoms. The molecule has 0 atom stereocenters. The van der Waals surface area contributed by atoms with Crippen LogP contribution in [0.2, 0.25) is 0 Å². The summed E-state index contributed by atoms with van der Waals surface area (Å²) < 4.78 is 36.3. The molecule has 1 rings (SSSR count). The van der Waals surface area contributed by atoms with Gasteiger partial charge in [0.25, 0.3) is 10.1 Å². The van der Waals surface area contributed by atoms with Gasteiger partial charge in [0, 0.05) is 13.3 Å². The summed E-state index contributed by atoms with van der Waals surface area (Å²) in [5.74, 6) is -0.280. The Morgan fingerprint density at radius 2 is 1.95 bits per heavy atom. The molecule has 0 aromatic rings. The lowest BCUT2D eigenvalue weighted by Crippen LogP contribution is -2.58. The van der Waals surface area contributed by atoms with Crippen LogP contribution in [-0.2, 0) is 19.6 Å². The second-order valence-electron chi connectivity index (χ2n) is 4.97. The first kappa shape index (κ1) is 16.4. The van der Waals surface area contributed by atoms with Crippen LogP contribution in [0, 0.1) is 0 Å². The van der Waals surface area contributed by atoms with Crippen molar-refractivity contribution in [3.05, 3.63) is 0 Å². The summed E-state index contributed by atoms with van der Waals surface area (Å²) in [6.45, 7) is 6.38. The van der Waals surface area contributed by atoms with Crippen molar-refractivity contribution < 1.29 is 27.0 Å². The van der Waals surface area contributed by atoms with Gasteiger partial charge in [0.2, 0.25) is 5.91 Å². The fourth-order valence-corrected chi connectivity index (χ4v) is 2.83. The zero-order valence-electron chi connectivity index (χ0n) is 11.3. The number of nitrogens with zero attached hydrogens (tertiary/aromatic N) is 1. The Balaban J connectivity index is 2.47. The van der Waals surface area contributed by atoms with Crippen molar-refractivity contribution in [3.63, 3.8) is 0 Å². The van der Waals surface area contributed by atoms with Gasteiger partial charge in [-0.05, 0) is 0 Å². The van der Waals surface area contributed by atoms with Crippen LogP contribution in [0.5, 0.6) is 0 Å². The van der Waals surface area contributed by atoms with Crippen LogP contribution in [0.15, 0.2) is 0 Å². The molecule has 0 spiro atoms. The van der Waals surface area contributed by atoms with E-state index < -0.39 is 10.1 Å². The van der Waals surface area contributed by atoms with E-state index >= 15 is 0 Å². The van der Waals surface area contributed by atoms with Gasteiger partial charge in [0.15, 0.2) is 0 Å². The minimum Gasteiger partial charge on any atom is -0.370 e. The molecule has 0 radical (unpaired) electrons. The third-order valence-electron chi connectivity index (χ3n) is 3.41. The molecule has 8 heteroatoms. The zero-order valence-corrected chi connectivity index (χ0v) is 12.1. The summed E-state index contributed by atoms with van der Waals surface area (Å²) in [5.41, 5.74) is 0. The molecule has 1 aliphatic rings. The Bertz CT molecular complexity index is 390. The number of carbonyl (C=O) groups excluding carboxylic acids is 1. The number of hydrogen-bond acceptors (Lipinski definition) is 4. The van der Waals surface area contributed by atoms with Crippen LogP contribution >= 0.6 is 0 Å². The van der Waals surface area contributed by atoms with E-state index in [9.17, 15) is 13.2 Å². The van der Waals surface area contributed by atoms with E-state index in [1.807, 2.05) is 0 Å². The Kier molecular flexibility index (Phi) is 6.18. The Labute approximate surface area is 114 Å². The predicted molar refractivity (Wildman–Crippen MR) is 70.3 cm³/mol. The molecule has 1 aliphatic heterocycles. The maximum absolute atomic E-state index is 10.9. The van der Waals surface area contributed by atoms with Crippen molar-refractivity contribution in [2.75, 3.05) is 51.7 Å². The number of rotatable bonds is 7. The number of amides is 1. The van der Waals surface area contributed by atoms with Crippen LogP contribution in [0.1, 0.15) is 13.3 Å². The molecule has 0 bridgehead atoms. The lowest BCUT2D eigenvalue weighted by Gasteiger charge is -2.41. The van der Waals surface area contributed by atoms with Gasteiger partial charge in [-0.25, -0.2) is 0 Å². The van der Waals surface area contributed by atoms with Gasteiger partial charge in [-0.15, -0.1) is 0 Å². The number of nitrogens with one attached hydrogen (secondary N) is 1. The molecule has 1 heterocycles. The summed E-state index contributed by atoms with van der Waals surface area (Å²) in [5, 5.41) is 2.76. The van der Waals surface area contributed by atoms with Crippen LogP contribution in [0.3, 0.4) is 0 Å². The molecule has 1 saturated heterocycles. The standard InChI is InChI=1S/C11H22N2O5S/c1-11(14)12-3-5-13(6-8-18-9-7-13)4-2-10-19(15,16)17/h2-10H2,1H3,(H-,12,14,15,16,17)/p+1. The summed E-state index contributed by atoms with van der Waals surface area (Å²) >= 11 is 0. The first-order chi connectivity index (χ1) is 8.83. The molecule has 0 saturated carbocycles. The average Bonchev–Trinajstić information content (AvgIpc) is 2.28. The maximum Gasteiger partial charge on any atom is 0.265 e. The number of morpholine rings is 1. The Hall–Kier alpha value is -0.700. The van der Waals surface area contributed by atoms with Crippen molar-refractivity contribution >= 4 is 16.0 Å². The number of carbonyl (C=O) groups is 1. The van der Waals surface area contributed by atoms with Crippen LogP contribution < -0.4 is 5.32 Å². The molecule has 0 aliphatic carbocycles. The third kappa shape index (κ3) is 6.86. The molecule has 1 fully saturated rings. The molecular formula is C11H23N2O5S+. The lowest BCUT2D eigenvalue weighted by atomic mass is 10.2. The maximum atomic E-state index is 10.9. The van der Waals surface area contributed by atoms with Crippen LogP contribution in [-0.4, -0.2) is 75.1 Å². The SMILES string of the molecule is CC(=O)NCC[N+]1(CCCS(=O)(=O)O)CCOCC1. The first-order valence-electron chi connectivity index (χ1n) is 6.45. The summed E-state index contributed by atoms with van der Waals surface area (Å²) in [4.78, 5) is 10.9. The normalized spacial score (nSPS) is 19.1. The van der Waals surface area contributed by atoms with E-state index in [0.717, 1.165) is 24.1 Å². The smallest absolute Gasteiger partial charge is 0.265 e. The summed E-state index contributed by atoms with van der Waals surface area (Å²) in [6, 6.07) is 0. The van der Waals surface area contributed by atoms with Gasteiger partial charge >= 0.3 is 0 Å². The van der Waals surface area contributed by atoms with Gasteiger partial charge in [-0.3, -0.25) is 9.35 Å². The molecule has 0 aromatic heterocycles. The van der Waals surface area contributed by atoms with Crippen LogP contribution in [0.25, 0.3) is 0 Å². The van der Waals surface area contributed by atoms with Crippen molar-refractivity contribution in [1.82, 2.24) is 5.32 Å². The zero-order chi connectivity index (χ0) is 14.4. The van der Waals surface area contributed by atoms with Gasteiger partial charge in [0.1, 0.15) is 13.1 Å². The van der Waals surface area contributed by atoms with Crippen molar-refractivity contribution in [2.45, 2.75) is 13.3 Å². The summed E-state index contributed by atoms with van der Waals surface area (Å²) in [6.07, 6.45) is 0.416. The molecule has 2 N–H and O–H groups in total. The first-order valence-corrected chi connectivity index (χ1v) is 8.06. The third-order valence-corrected chi connectivity index (χ3v) is 4.22. The molecule has 7 nitrogen and oxygen atoms in total. The van der Waals surface area contributed by atoms with E-state index in [-0.39, 0.29) is 11.7 Å². The van der Waals surface area contributed by atoms with Crippen molar-refractivity contribution in [2.24, 2.45) is 0 Å². The van der Waals surface area contributed by atoms with Gasteiger partial charge in [-0.2, -0.15) is 8.42 Å². The highest BCUT2D eigenvalue weighted by Crippen LogP contribution is 2.12. The number of ether oxygens (including phenoxy) is 1. The second-order valence-corrected chi connectivity index (χ2v) is 6.54. The van der Waals surface area contributed by atoms with Crippen molar-refractivity contribution in [3.8, 4) is 0 Å². The van der Waals surface area contributed by atoms with Crippen molar-refractivity contribution in [1.29, 1.82) is 0 Å². The second kappa shape index (κ2) is 7.18. The van der Waals surface area contributed by atoms with Crippen LogP contribution in [0.4, 0.5) is 0 Å². The Morgan fingerprint density at radius 1 is 1.32 bits per heavy atom. The fourth-order valence-electron chi connectivity index (χ4n) is 2.34. The van der Waals surface area contributed by atoms with E-state index in [1.165, 1.54) is 6.92 Å². The number of quaternary nitrogens is 1. The van der Waals surface area contributed by atoms with E-state index in [0.29, 0.717) is 32.7 Å². The average molecular weight is 295 g/mol. The lowest BCUT2D eigenvalue weighted by molar-refractivity contribution is -0.934. The largest absolute Gasteiger partial charge is 0.370 e. The van der Waals surface area contributed by atoms with E-state index in [1.54, 1.807) is 0 Å². The Morgan fingerprint density at radius 3 is 2.47 bits per heavy atom. The van der Waals surface area contributed by atoms with Gasteiger partial charge in [0.05, 0.1) is 38.6 Å². The number of hydrogen-bond donors (Lipinski definition) is 2. The quantitative estimate of drug-likeness (QED) is 0.476. The van der Waals surface area contributed by atoms with Gasteiger partial charge in [-0.1, -0.05) is 0 Å². The van der Waals surface area contributed by atoms with E-state index in [2.05, 4.69) is 5.32 Å². The topological polar surface area (TPSA) is 92.7 Å². The highest BCUT2D eigenvalue weighted by Gasteiger charge is 2.30. The highest BCUT2D eigenvalue weighted by atomic mass is 32.2. The predicted octanol–water partition coefficient (Wildman–Crippen LogP) is -0.753. The van der Waals surface area contributed by atoms with E-state index in [4.69, 9.17) is 9.29 Å². The molecule has 0 unspecified atom stereocenters. The highest BCUT2D eigenvalue weighted by molar-refractivity contribution is 7.85. The summed E-state index contributed by atoms with van der Waals surface area (Å²) in [7, 11) is -3.90.